The van der Waals surface area contributed by atoms with Crippen LogP contribution in [0.5, 0.6) is 0 Å². The van der Waals surface area contributed by atoms with Gasteiger partial charge in [0.2, 0.25) is 0 Å². The van der Waals surface area contributed by atoms with Crippen molar-refractivity contribution in [2.24, 2.45) is 5.92 Å². The first kappa shape index (κ1) is 15.0. The monoisotopic (exact) mass is 240 g/mol. The summed E-state index contributed by atoms with van der Waals surface area (Å²) in [5.74, 6) is 0.718. The lowest BCUT2D eigenvalue weighted by atomic mass is 9.94. The van der Waals surface area contributed by atoms with Crippen LogP contribution in [0.3, 0.4) is 0 Å². The topological polar surface area (TPSA) is 20.2 Å². The average molecular weight is 240 g/mol. The molecule has 1 fully saturated rings. The summed E-state index contributed by atoms with van der Waals surface area (Å²) in [7, 11) is 0. The Labute approximate surface area is 108 Å². The molecule has 0 spiro atoms. The smallest absolute Gasteiger partial charge is 0.0542 e. The number of aliphatic hydroxyl groups is 1. The van der Waals surface area contributed by atoms with Gasteiger partial charge in [-0.2, -0.15) is 0 Å². The van der Waals surface area contributed by atoms with Gasteiger partial charge in [0, 0.05) is 0 Å². The van der Waals surface area contributed by atoms with E-state index in [1.54, 1.807) is 0 Å². The molecule has 1 nitrogen and oxygen atoms in total. The summed E-state index contributed by atoms with van der Waals surface area (Å²) in [6.45, 7) is 2.31. The number of hydrogen-bond acceptors (Lipinski definition) is 1. The van der Waals surface area contributed by atoms with E-state index >= 15 is 0 Å². The second-order valence-corrected chi connectivity index (χ2v) is 6.11. The van der Waals surface area contributed by atoms with Crippen LogP contribution in [0.1, 0.15) is 90.4 Å². The Morgan fingerprint density at radius 1 is 0.647 bits per heavy atom. The summed E-state index contributed by atoms with van der Waals surface area (Å²) in [6, 6.07) is 0. The Balaban J connectivity index is 2.21. The number of rotatable bonds is 0. The highest BCUT2D eigenvalue weighted by molar-refractivity contribution is 4.63. The zero-order valence-electron chi connectivity index (χ0n) is 11.8. The number of aliphatic hydroxyl groups excluding tert-OH is 1. The largest absolute Gasteiger partial charge is 0.393 e. The molecule has 1 N–H and O–H groups in total. The van der Waals surface area contributed by atoms with Crippen molar-refractivity contribution in [1.29, 1.82) is 0 Å². The van der Waals surface area contributed by atoms with Gasteiger partial charge in [0.15, 0.2) is 0 Å². The molecule has 1 heteroatoms. The zero-order valence-corrected chi connectivity index (χ0v) is 11.8. The van der Waals surface area contributed by atoms with Crippen molar-refractivity contribution < 1.29 is 5.11 Å². The van der Waals surface area contributed by atoms with E-state index in [0.717, 1.165) is 18.8 Å². The van der Waals surface area contributed by atoms with Crippen LogP contribution in [0.25, 0.3) is 0 Å². The van der Waals surface area contributed by atoms with Crippen molar-refractivity contribution in [2.45, 2.75) is 96.5 Å². The molecule has 1 aliphatic carbocycles. The Hall–Kier alpha value is -0.0400. The predicted molar refractivity (Wildman–Crippen MR) is 75.2 cm³/mol. The quantitative estimate of drug-likeness (QED) is 0.627. The molecular weight excluding hydrogens is 208 g/mol. The van der Waals surface area contributed by atoms with E-state index in [0.29, 0.717) is 0 Å². The summed E-state index contributed by atoms with van der Waals surface area (Å²) in [4.78, 5) is 0. The third kappa shape index (κ3) is 8.65. The molecule has 1 unspecified atom stereocenters. The van der Waals surface area contributed by atoms with Crippen molar-refractivity contribution in [2.75, 3.05) is 0 Å². The van der Waals surface area contributed by atoms with E-state index < -0.39 is 0 Å². The van der Waals surface area contributed by atoms with Gasteiger partial charge in [0.1, 0.15) is 0 Å². The fourth-order valence-corrected chi connectivity index (χ4v) is 2.99. The van der Waals surface area contributed by atoms with Gasteiger partial charge in [-0.15, -0.1) is 0 Å². The molecule has 0 aromatic rings. The van der Waals surface area contributed by atoms with Crippen molar-refractivity contribution in [3.63, 3.8) is 0 Å². The maximum atomic E-state index is 9.94. The summed E-state index contributed by atoms with van der Waals surface area (Å²) < 4.78 is 0. The van der Waals surface area contributed by atoms with Crippen LogP contribution >= 0.6 is 0 Å². The van der Waals surface area contributed by atoms with Gasteiger partial charge in [-0.25, -0.2) is 0 Å². The van der Waals surface area contributed by atoms with E-state index in [1.165, 1.54) is 70.6 Å². The molecule has 17 heavy (non-hydrogen) atoms. The lowest BCUT2D eigenvalue weighted by Gasteiger charge is -2.16. The Morgan fingerprint density at radius 2 is 1.06 bits per heavy atom. The molecule has 1 saturated carbocycles. The van der Waals surface area contributed by atoms with Gasteiger partial charge in [0.05, 0.1) is 6.10 Å². The van der Waals surface area contributed by atoms with Crippen molar-refractivity contribution in [1.82, 2.24) is 0 Å². The van der Waals surface area contributed by atoms with Gasteiger partial charge >= 0.3 is 0 Å². The fraction of sp³-hybridized carbons (Fsp3) is 1.00. The third-order valence-corrected chi connectivity index (χ3v) is 4.16. The second-order valence-electron chi connectivity index (χ2n) is 6.11. The first-order chi connectivity index (χ1) is 8.29. The molecule has 0 saturated heterocycles. The van der Waals surface area contributed by atoms with E-state index in [4.69, 9.17) is 0 Å². The standard InChI is InChI=1S/C16H32O/c1-15-12-10-8-6-4-2-3-5-7-9-11-13-16(17)14-15/h15-17H,2-14H2,1H3/t15-,16?/m1/s1. The normalized spacial score (nSPS) is 31.4. The fourth-order valence-electron chi connectivity index (χ4n) is 2.99. The summed E-state index contributed by atoms with van der Waals surface area (Å²) in [6.07, 6.45) is 17.2. The van der Waals surface area contributed by atoms with E-state index in [9.17, 15) is 5.11 Å². The summed E-state index contributed by atoms with van der Waals surface area (Å²) in [5.41, 5.74) is 0. The van der Waals surface area contributed by atoms with Crippen molar-refractivity contribution >= 4 is 0 Å². The van der Waals surface area contributed by atoms with Crippen LogP contribution < -0.4 is 0 Å². The molecule has 0 aromatic carbocycles. The van der Waals surface area contributed by atoms with Crippen LogP contribution in [-0.2, 0) is 0 Å². The molecule has 2 atom stereocenters. The van der Waals surface area contributed by atoms with Gasteiger partial charge in [-0.3, -0.25) is 0 Å². The Bertz CT molecular complexity index is 149. The van der Waals surface area contributed by atoms with E-state index in [1.807, 2.05) is 0 Å². The molecular formula is C16H32O. The summed E-state index contributed by atoms with van der Waals surface area (Å²) >= 11 is 0. The molecule has 1 aliphatic rings. The van der Waals surface area contributed by atoms with Crippen molar-refractivity contribution in [3.05, 3.63) is 0 Å². The molecule has 0 aromatic heterocycles. The highest BCUT2D eigenvalue weighted by Gasteiger charge is 2.10. The summed E-state index contributed by atoms with van der Waals surface area (Å²) in [5, 5.41) is 9.94. The van der Waals surface area contributed by atoms with Gasteiger partial charge < -0.3 is 5.11 Å². The lowest BCUT2D eigenvalue weighted by Crippen LogP contribution is -2.11. The SMILES string of the molecule is C[C@@H]1CCCCCCCCCCCCC(O)C1. The van der Waals surface area contributed by atoms with Crippen LogP contribution in [-0.4, -0.2) is 11.2 Å². The highest BCUT2D eigenvalue weighted by Crippen LogP contribution is 2.20. The minimum absolute atomic E-state index is 0.0323. The maximum Gasteiger partial charge on any atom is 0.0542 e. The first-order valence-electron chi connectivity index (χ1n) is 7.97. The third-order valence-electron chi connectivity index (χ3n) is 4.16. The molecule has 0 amide bonds. The van der Waals surface area contributed by atoms with Gasteiger partial charge in [0.25, 0.3) is 0 Å². The minimum atomic E-state index is -0.0323. The molecule has 1 rings (SSSR count). The number of hydrogen-bond donors (Lipinski definition) is 1. The zero-order chi connectivity index (χ0) is 12.3. The van der Waals surface area contributed by atoms with Crippen LogP contribution in [0, 0.1) is 5.92 Å². The molecule has 0 heterocycles. The Kier molecular flexibility index (Phi) is 8.78. The minimum Gasteiger partial charge on any atom is -0.393 e. The molecule has 0 radical (unpaired) electrons. The molecule has 0 bridgehead atoms. The first-order valence-corrected chi connectivity index (χ1v) is 7.97. The maximum absolute atomic E-state index is 9.94. The average Bonchev–Trinajstić information content (AvgIpc) is 2.30. The van der Waals surface area contributed by atoms with Crippen LogP contribution in [0.2, 0.25) is 0 Å². The predicted octanol–water partition coefficient (Wildman–Crippen LogP) is 5.07. The van der Waals surface area contributed by atoms with Crippen LogP contribution in [0.15, 0.2) is 0 Å². The molecule has 102 valence electrons. The van der Waals surface area contributed by atoms with Crippen LogP contribution in [0.4, 0.5) is 0 Å². The van der Waals surface area contributed by atoms with Gasteiger partial charge in [-0.05, 0) is 18.8 Å². The Morgan fingerprint density at radius 3 is 1.59 bits per heavy atom. The van der Waals surface area contributed by atoms with E-state index in [-0.39, 0.29) is 6.10 Å². The molecule has 0 aliphatic heterocycles. The van der Waals surface area contributed by atoms with E-state index in [2.05, 4.69) is 6.92 Å². The van der Waals surface area contributed by atoms with Gasteiger partial charge in [-0.1, -0.05) is 77.6 Å². The lowest BCUT2D eigenvalue weighted by molar-refractivity contribution is 0.130. The second kappa shape index (κ2) is 9.94. The van der Waals surface area contributed by atoms with Crippen molar-refractivity contribution in [3.8, 4) is 0 Å². The highest BCUT2D eigenvalue weighted by atomic mass is 16.3.